The van der Waals surface area contributed by atoms with Gasteiger partial charge in [0.05, 0.1) is 15.5 Å². The molecule has 0 radical (unpaired) electrons. The average Bonchev–Trinajstić information content (AvgIpc) is 3.17. The maximum Gasteiger partial charge on any atom is 0.270 e. The minimum Gasteiger partial charge on any atom is -0.436 e. The number of nitro groups is 1. The van der Waals surface area contributed by atoms with E-state index in [4.69, 9.17) is 16.0 Å². The number of aromatic nitrogens is 1. The van der Waals surface area contributed by atoms with Gasteiger partial charge in [0.25, 0.3) is 11.6 Å². The number of nitro benzene ring substituents is 1. The van der Waals surface area contributed by atoms with Crippen LogP contribution in [0.1, 0.15) is 35.7 Å². The molecule has 4 rings (SSSR count). The van der Waals surface area contributed by atoms with Crippen LogP contribution >= 0.6 is 11.6 Å². The minimum absolute atomic E-state index is 0.0158. The van der Waals surface area contributed by atoms with Gasteiger partial charge in [-0.05, 0) is 47.9 Å². The fraction of sp³-hybridized carbons (Fsp3) is 0.130. The molecular weight excluding hydrogens is 418 g/mol. The molecular formula is C23H18ClN3O4. The van der Waals surface area contributed by atoms with Crippen molar-refractivity contribution in [3.8, 4) is 11.5 Å². The second-order valence-corrected chi connectivity index (χ2v) is 7.76. The summed E-state index contributed by atoms with van der Waals surface area (Å²) in [6.45, 7) is 4.26. The fourth-order valence-electron chi connectivity index (χ4n) is 3.14. The molecule has 1 heterocycles. The van der Waals surface area contributed by atoms with Gasteiger partial charge in [-0.1, -0.05) is 37.6 Å². The Bertz CT molecular complexity index is 1300. The Balaban J connectivity index is 1.59. The van der Waals surface area contributed by atoms with Crippen LogP contribution in [0.15, 0.2) is 65.1 Å². The molecule has 0 atom stereocenters. The van der Waals surface area contributed by atoms with Crippen LogP contribution < -0.4 is 5.32 Å². The summed E-state index contributed by atoms with van der Waals surface area (Å²) in [5.74, 6) is 0.361. The van der Waals surface area contributed by atoms with Gasteiger partial charge >= 0.3 is 0 Å². The van der Waals surface area contributed by atoms with Crippen molar-refractivity contribution in [1.29, 1.82) is 0 Å². The molecule has 8 heteroatoms. The minimum atomic E-state index is -0.580. The van der Waals surface area contributed by atoms with Gasteiger partial charge in [-0.2, -0.15) is 0 Å². The fourth-order valence-corrected chi connectivity index (χ4v) is 3.34. The third kappa shape index (κ3) is 4.27. The van der Waals surface area contributed by atoms with Crippen LogP contribution in [0.25, 0.3) is 22.6 Å². The van der Waals surface area contributed by atoms with Crippen molar-refractivity contribution >= 4 is 40.0 Å². The SMILES string of the molecule is CC(C)c1ccc(-c2nc3cc(NC(=O)c4cc([N+](=O)[O-])ccc4Cl)ccc3o2)cc1. The third-order valence-corrected chi connectivity index (χ3v) is 5.20. The van der Waals surface area contributed by atoms with Crippen LogP contribution in [0, 0.1) is 10.1 Å². The van der Waals surface area contributed by atoms with E-state index in [1.165, 1.54) is 17.7 Å². The first-order valence-electron chi connectivity index (χ1n) is 9.58. The number of benzene rings is 3. The number of non-ortho nitro benzene ring substituents is 1. The highest BCUT2D eigenvalue weighted by Gasteiger charge is 2.17. The highest BCUT2D eigenvalue weighted by Crippen LogP contribution is 2.28. The summed E-state index contributed by atoms with van der Waals surface area (Å²) in [7, 11) is 0. The number of rotatable bonds is 5. The van der Waals surface area contributed by atoms with Gasteiger partial charge in [0.1, 0.15) is 5.52 Å². The van der Waals surface area contributed by atoms with Crippen molar-refractivity contribution in [3.63, 3.8) is 0 Å². The molecule has 1 aromatic heterocycles. The zero-order chi connectivity index (χ0) is 22.1. The molecule has 0 fully saturated rings. The smallest absolute Gasteiger partial charge is 0.270 e. The molecule has 4 aromatic rings. The third-order valence-electron chi connectivity index (χ3n) is 4.88. The van der Waals surface area contributed by atoms with Crippen LogP contribution in [-0.2, 0) is 0 Å². The van der Waals surface area contributed by atoms with E-state index in [9.17, 15) is 14.9 Å². The Hall–Kier alpha value is -3.71. The number of hydrogen-bond donors (Lipinski definition) is 1. The lowest BCUT2D eigenvalue weighted by atomic mass is 10.0. The molecule has 0 bridgehead atoms. The van der Waals surface area contributed by atoms with E-state index in [1.54, 1.807) is 18.2 Å². The second-order valence-electron chi connectivity index (χ2n) is 7.35. The zero-order valence-electron chi connectivity index (χ0n) is 16.8. The van der Waals surface area contributed by atoms with Gasteiger partial charge in [-0.25, -0.2) is 4.98 Å². The maximum absolute atomic E-state index is 12.6. The van der Waals surface area contributed by atoms with Crippen LogP contribution in [0.4, 0.5) is 11.4 Å². The van der Waals surface area contributed by atoms with Crippen molar-refractivity contribution in [2.75, 3.05) is 5.32 Å². The molecule has 3 aromatic carbocycles. The molecule has 7 nitrogen and oxygen atoms in total. The lowest BCUT2D eigenvalue weighted by molar-refractivity contribution is -0.384. The van der Waals surface area contributed by atoms with E-state index >= 15 is 0 Å². The van der Waals surface area contributed by atoms with Crippen molar-refractivity contribution in [3.05, 3.63) is 86.9 Å². The summed E-state index contributed by atoms with van der Waals surface area (Å²) in [4.78, 5) is 27.5. The quantitative estimate of drug-likeness (QED) is 0.287. The van der Waals surface area contributed by atoms with Gasteiger partial charge in [0, 0.05) is 23.4 Å². The Labute approximate surface area is 182 Å². The monoisotopic (exact) mass is 435 g/mol. The number of oxazole rings is 1. The van der Waals surface area contributed by atoms with Crippen molar-refractivity contribution in [1.82, 2.24) is 4.98 Å². The molecule has 0 spiro atoms. The van der Waals surface area contributed by atoms with Crippen LogP contribution in [0.2, 0.25) is 5.02 Å². The van der Waals surface area contributed by atoms with E-state index in [0.717, 1.165) is 11.6 Å². The average molecular weight is 436 g/mol. The highest BCUT2D eigenvalue weighted by molar-refractivity contribution is 6.34. The van der Waals surface area contributed by atoms with E-state index in [0.29, 0.717) is 28.6 Å². The predicted octanol–water partition coefficient (Wildman–Crippen LogP) is 6.43. The topological polar surface area (TPSA) is 98.3 Å². The first kappa shape index (κ1) is 20.6. The molecule has 0 saturated heterocycles. The van der Waals surface area contributed by atoms with Crippen LogP contribution in [-0.4, -0.2) is 15.8 Å². The molecule has 0 aliphatic rings. The number of halogens is 1. The van der Waals surface area contributed by atoms with Crippen LogP contribution in [0.5, 0.6) is 0 Å². The molecule has 31 heavy (non-hydrogen) atoms. The first-order chi connectivity index (χ1) is 14.8. The number of hydrogen-bond acceptors (Lipinski definition) is 5. The summed E-state index contributed by atoms with van der Waals surface area (Å²) in [5, 5.41) is 13.8. The summed E-state index contributed by atoms with van der Waals surface area (Å²) in [5.41, 5.74) is 3.51. The first-order valence-corrected chi connectivity index (χ1v) is 9.96. The second kappa shape index (κ2) is 8.20. The number of nitrogens with one attached hydrogen (secondary N) is 1. The standard InChI is InChI=1S/C23H18ClN3O4/c1-13(2)14-3-5-15(6-4-14)23-26-20-11-16(7-10-21(20)31-23)25-22(28)18-12-17(27(29)30)8-9-19(18)24/h3-13H,1-2H3,(H,25,28). The Morgan fingerprint density at radius 2 is 1.84 bits per heavy atom. The number of amides is 1. The predicted molar refractivity (Wildman–Crippen MR) is 120 cm³/mol. The number of carbonyl (C=O) groups excluding carboxylic acids is 1. The molecule has 156 valence electrons. The largest absolute Gasteiger partial charge is 0.436 e. The molecule has 1 amide bonds. The summed E-state index contributed by atoms with van der Waals surface area (Å²) >= 11 is 6.05. The Morgan fingerprint density at radius 1 is 1.10 bits per heavy atom. The number of nitrogens with zero attached hydrogens (tertiary/aromatic N) is 2. The maximum atomic E-state index is 12.6. The number of anilines is 1. The van der Waals surface area contributed by atoms with Crippen molar-refractivity contribution < 1.29 is 14.1 Å². The van der Waals surface area contributed by atoms with Crippen molar-refractivity contribution in [2.45, 2.75) is 19.8 Å². The zero-order valence-corrected chi connectivity index (χ0v) is 17.5. The van der Waals surface area contributed by atoms with Gasteiger partial charge < -0.3 is 9.73 Å². The molecule has 0 aliphatic carbocycles. The number of carbonyl (C=O) groups is 1. The molecule has 0 aliphatic heterocycles. The van der Waals surface area contributed by atoms with Gasteiger partial charge in [0.2, 0.25) is 5.89 Å². The molecule has 1 N–H and O–H groups in total. The van der Waals surface area contributed by atoms with E-state index in [2.05, 4.69) is 24.1 Å². The summed E-state index contributed by atoms with van der Waals surface area (Å²) in [6, 6.07) is 16.8. The Morgan fingerprint density at radius 3 is 2.52 bits per heavy atom. The number of fused-ring (bicyclic) bond motifs is 1. The lowest BCUT2D eigenvalue weighted by Crippen LogP contribution is -2.12. The lowest BCUT2D eigenvalue weighted by Gasteiger charge is -2.06. The van der Waals surface area contributed by atoms with E-state index in [1.807, 2.05) is 24.3 Å². The molecule has 0 unspecified atom stereocenters. The summed E-state index contributed by atoms with van der Waals surface area (Å²) < 4.78 is 5.84. The van der Waals surface area contributed by atoms with Gasteiger partial charge in [0.15, 0.2) is 5.58 Å². The highest BCUT2D eigenvalue weighted by atomic mass is 35.5. The van der Waals surface area contributed by atoms with Gasteiger partial charge in [-0.3, -0.25) is 14.9 Å². The van der Waals surface area contributed by atoms with Gasteiger partial charge in [-0.15, -0.1) is 0 Å². The van der Waals surface area contributed by atoms with E-state index in [-0.39, 0.29) is 16.3 Å². The van der Waals surface area contributed by atoms with Crippen LogP contribution in [0.3, 0.4) is 0 Å². The normalized spacial score (nSPS) is 11.1. The summed E-state index contributed by atoms with van der Waals surface area (Å²) in [6.07, 6.45) is 0. The molecule has 0 saturated carbocycles. The van der Waals surface area contributed by atoms with Crippen molar-refractivity contribution in [2.24, 2.45) is 0 Å². The Kier molecular flexibility index (Phi) is 5.44. The van der Waals surface area contributed by atoms with E-state index < -0.39 is 10.8 Å².